The molecule has 3 aromatic carbocycles. The Kier molecular flexibility index (Phi) is 8.55. The molecule has 0 saturated heterocycles. The maximum absolute atomic E-state index is 3.79. The van der Waals surface area contributed by atoms with Crippen LogP contribution in [0.5, 0.6) is 0 Å². The zero-order valence-electron chi connectivity index (χ0n) is 17.9. The number of unbranched alkanes of at least 4 members (excludes halogenated alkanes) is 4. The number of hydrogen-bond donors (Lipinski definition) is 0. The molecule has 0 N–H and O–H groups in total. The quantitative estimate of drug-likeness (QED) is 0.271. The van der Waals surface area contributed by atoms with E-state index in [1.807, 2.05) is 0 Å². The van der Waals surface area contributed by atoms with E-state index in [2.05, 4.69) is 96.5 Å². The van der Waals surface area contributed by atoms with Gasteiger partial charge >= 0.3 is 0 Å². The van der Waals surface area contributed by atoms with Crippen LogP contribution in [0.4, 0.5) is 0 Å². The van der Waals surface area contributed by atoms with E-state index in [-0.39, 0.29) is 0 Å². The average Bonchev–Trinajstić information content (AvgIpc) is 2.75. The topological polar surface area (TPSA) is 0 Å². The standard InChI is InChI=1S/C28H33Br/c1-3-5-7-9-22-11-14-24(15-12-22)25-16-18-26(19-17-25)27-20-13-23(21-28(27)29)10-8-6-4-2/h11-21H,3-10H2,1-2H3. The van der Waals surface area contributed by atoms with Crippen LogP contribution in [0, 0.1) is 0 Å². The van der Waals surface area contributed by atoms with Crippen LogP contribution in [0.2, 0.25) is 0 Å². The summed E-state index contributed by atoms with van der Waals surface area (Å²) in [6.07, 6.45) is 10.1. The minimum atomic E-state index is 1.17. The molecule has 0 bridgehead atoms. The molecular weight excluding hydrogens is 416 g/mol. The Morgan fingerprint density at radius 1 is 0.552 bits per heavy atom. The number of halogens is 1. The summed E-state index contributed by atoms with van der Waals surface area (Å²) in [6, 6.07) is 24.9. The summed E-state index contributed by atoms with van der Waals surface area (Å²) in [5.41, 5.74) is 7.97. The first-order chi connectivity index (χ1) is 14.2. The second-order valence-electron chi connectivity index (χ2n) is 8.00. The molecule has 0 aromatic heterocycles. The summed E-state index contributed by atoms with van der Waals surface area (Å²) in [7, 11) is 0. The van der Waals surface area contributed by atoms with Crippen molar-refractivity contribution in [2.45, 2.75) is 65.2 Å². The highest BCUT2D eigenvalue weighted by molar-refractivity contribution is 9.10. The van der Waals surface area contributed by atoms with Gasteiger partial charge in [-0.15, -0.1) is 0 Å². The first-order valence-corrected chi connectivity index (χ1v) is 12.0. The van der Waals surface area contributed by atoms with Gasteiger partial charge in [0.25, 0.3) is 0 Å². The molecule has 152 valence electrons. The van der Waals surface area contributed by atoms with Crippen LogP contribution in [-0.2, 0) is 12.8 Å². The second-order valence-corrected chi connectivity index (χ2v) is 8.86. The lowest BCUT2D eigenvalue weighted by Crippen LogP contribution is -1.88. The highest BCUT2D eigenvalue weighted by atomic mass is 79.9. The van der Waals surface area contributed by atoms with Gasteiger partial charge in [-0.05, 0) is 65.1 Å². The van der Waals surface area contributed by atoms with Crippen LogP contribution in [-0.4, -0.2) is 0 Å². The number of aryl methyl sites for hydroxylation is 2. The molecule has 3 aromatic rings. The molecule has 0 fully saturated rings. The SMILES string of the molecule is CCCCCc1ccc(-c2ccc(-c3ccc(CCCCC)cc3Br)cc2)cc1. The Bertz CT molecular complexity index is 875. The van der Waals surface area contributed by atoms with Crippen molar-refractivity contribution >= 4 is 15.9 Å². The predicted octanol–water partition coefficient (Wildman–Crippen LogP) is 9.25. The van der Waals surface area contributed by atoms with E-state index in [4.69, 9.17) is 0 Å². The number of benzene rings is 3. The third-order valence-corrected chi connectivity index (χ3v) is 6.31. The number of hydrogen-bond acceptors (Lipinski definition) is 0. The fraction of sp³-hybridized carbons (Fsp3) is 0.357. The minimum absolute atomic E-state index is 1.17. The summed E-state index contributed by atoms with van der Waals surface area (Å²) in [5, 5.41) is 0. The molecule has 1 heteroatoms. The van der Waals surface area contributed by atoms with Crippen molar-refractivity contribution in [2.75, 3.05) is 0 Å². The van der Waals surface area contributed by atoms with E-state index in [0.717, 1.165) is 0 Å². The van der Waals surface area contributed by atoms with E-state index in [0.29, 0.717) is 0 Å². The predicted molar refractivity (Wildman–Crippen MR) is 131 cm³/mol. The summed E-state index contributed by atoms with van der Waals surface area (Å²) in [4.78, 5) is 0. The Morgan fingerprint density at radius 3 is 1.59 bits per heavy atom. The zero-order chi connectivity index (χ0) is 20.5. The maximum atomic E-state index is 3.79. The van der Waals surface area contributed by atoms with E-state index < -0.39 is 0 Å². The van der Waals surface area contributed by atoms with E-state index in [1.165, 1.54) is 89.2 Å². The molecule has 0 saturated carbocycles. The van der Waals surface area contributed by atoms with Gasteiger partial charge in [-0.1, -0.05) is 116 Å². The van der Waals surface area contributed by atoms with Crippen LogP contribution in [0.1, 0.15) is 63.5 Å². The summed E-state index contributed by atoms with van der Waals surface area (Å²) < 4.78 is 1.19. The molecule has 0 amide bonds. The van der Waals surface area contributed by atoms with Crippen molar-refractivity contribution in [2.24, 2.45) is 0 Å². The molecule has 0 aliphatic heterocycles. The van der Waals surface area contributed by atoms with Crippen LogP contribution in [0.15, 0.2) is 71.2 Å². The molecule has 0 aliphatic rings. The van der Waals surface area contributed by atoms with Crippen molar-refractivity contribution < 1.29 is 0 Å². The monoisotopic (exact) mass is 448 g/mol. The van der Waals surface area contributed by atoms with Gasteiger partial charge in [-0.2, -0.15) is 0 Å². The molecule has 0 unspecified atom stereocenters. The molecule has 0 spiro atoms. The summed E-state index contributed by atoms with van der Waals surface area (Å²) in [6.45, 7) is 4.51. The molecule has 0 heterocycles. The molecule has 0 radical (unpaired) electrons. The maximum Gasteiger partial charge on any atom is 0.0256 e. The van der Waals surface area contributed by atoms with E-state index >= 15 is 0 Å². The van der Waals surface area contributed by atoms with Crippen LogP contribution >= 0.6 is 15.9 Å². The summed E-state index contributed by atoms with van der Waals surface area (Å²) in [5.74, 6) is 0. The van der Waals surface area contributed by atoms with Crippen molar-refractivity contribution in [1.82, 2.24) is 0 Å². The molecule has 29 heavy (non-hydrogen) atoms. The van der Waals surface area contributed by atoms with E-state index in [9.17, 15) is 0 Å². The average molecular weight is 449 g/mol. The smallest absolute Gasteiger partial charge is 0.0256 e. The van der Waals surface area contributed by atoms with Crippen molar-refractivity contribution in [1.29, 1.82) is 0 Å². The van der Waals surface area contributed by atoms with Gasteiger partial charge in [-0.3, -0.25) is 0 Å². The third-order valence-electron chi connectivity index (χ3n) is 5.65. The van der Waals surface area contributed by atoms with Crippen molar-refractivity contribution in [3.05, 3.63) is 82.3 Å². The Balaban J connectivity index is 1.68. The van der Waals surface area contributed by atoms with Gasteiger partial charge < -0.3 is 0 Å². The lowest BCUT2D eigenvalue weighted by Gasteiger charge is -2.10. The third kappa shape index (κ3) is 6.31. The zero-order valence-corrected chi connectivity index (χ0v) is 19.5. The van der Waals surface area contributed by atoms with Gasteiger partial charge in [0.2, 0.25) is 0 Å². The van der Waals surface area contributed by atoms with Crippen molar-refractivity contribution in [3.63, 3.8) is 0 Å². The lowest BCUT2D eigenvalue weighted by molar-refractivity contribution is 0.717. The van der Waals surface area contributed by atoms with Gasteiger partial charge in [-0.25, -0.2) is 0 Å². The van der Waals surface area contributed by atoms with Gasteiger partial charge in [0.15, 0.2) is 0 Å². The van der Waals surface area contributed by atoms with Gasteiger partial charge in [0, 0.05) is 4.47 Å². The van der Waals surface area contributed by atoms with Gasteiger partial charge in [0.05, 0.1) is 0 Å². The first kappa shape index (κ1) is 21.8. The normalized spacial score (nSPS) is 11.0. The second kappa shape index (κ2) is 11.4. The summed E-state index contributed by atoms with van der Waals surface area (Å²) >= 11 is 3.79. The van der Waals surface area contributed by atoms with E-state index in [1.54, 1.807) is 0 Å². The van der Waals surface area contributed by atoms with Crippen molar-refractivity contribution in [3.8, 4) is 22.3 Å². The highest BCUT2D eigenvalue weighted by Gasteiger charge is 2.06. The first-order valence-electron chi connectivity index (χ1n) is 11.2. The Labute approximate surface area is 185 Å². The molecule has 0 atom stereocenters. The Morgan fingerprint density at radius 2 is 1.03 bits per heavy atom. The fourth-order valence-corrected chi connectivity index (χ4v) is 4.47. The Hall–Kier alpha value is -1.86. The highest BCUT2D eigenvalue weighted by Crippen LogP contribution is 2.31. The lowest BCUT2D eigenvalue weighted by atomic mass is 9.97. The van der Waals surface area contributed by atoms with Gasteiger partial charge in [0.1, 0.15) is 0 Å². The minimum Gasteiger partial charge on any atom is -0.0654 e. The largest absolute Gasteiger partial charge is 0.0654 e. The molecule has 0 aliphatic carbocycles. The number of rotatable bonds is 10. The molecular formula is C28H33Br. The molecule has 3 rings (SSSR count). The van der Waals surface area contributed by atoms with Crippen LogP contribution < -0.4 is 0 Å². The van der Waals surface area contributed by atoms with Crippen LogP contribution in [0.25, 0.3) is 22.3 Å². The molecule has 0 nitrogen and oxygen atoms in total. The van der Waals surface area contributed by atoms with Crippen LogP contribution in [0.3, 0.4) is 0 Å². The fourth-order valence-electron chi connectivity index (χ4n) is 3.81.